The number of ether oxygens (including phenoxy) is 1. The lowest BCUT2D eigenvalue weighted by Crippen LogP contribution is -2.35. The van der Waals surface area contributed by atoms with Gasteiger partial charge in [0.2, 0.25) is 0 Å². The second-order valence-electron chi connectivity index (χ2n) is 5.58. The zero-order valence-corrected chi connectivity index (χ0v) is 14.3. The summed E-state index contributed by atoms with van der Waals surface area (Å²) in [5, 5.41) is 6.43. The van der Waals surface area contributed by atoms with Crippen molar-refractivity contribution in [3.8, 4) is 0 Å². The Morgan fingerprint density at radius 2 is 2.21 bits per heavy atom. The topological polar surface area (TPSA) is 76.1 Å². The first-order valence-electron chi connectivity index (χ1n) is 7.93. The second-order valence-corrected chi connectivity index (χ2v) is 6.62. The van der Waals surface area contributed by atoms with Crippen molar-refractivity contribution in [2.75, 3.05) is 18.5 Å². The maximum Gasteiger partial charge on any atom is 0.319 e. The molecular formula is C17H20N4O2S. The van der Waals surface area contributed by atoms with Crippen LogP contribution in [0.4, 0.5) is 10.5 Å². The standard InChI is InChI=1S/C17H20N4O2S/c1-12-10-14(24-17-18-7-3-8-19-17)5-6-15(12)21-16(22)20-11-13-4-2-9-23-13/h3,5-8,10,13H,2,4,9,11H2,1H3,(H2,20,21,22)/t13-/m1/s1. The van der Waals surface area contributed by atoms with Gasteiger partial charge in [0.25, 0.3) is 0 Å². The van der Waals surface area contributed by atoms with Gasteiger partial charge in [-0.1, -0.05) is 0 Å². The molecule has 1 aromatic carbocycles. The smallest absolute Gasteiger partial charge is 0.319 e. The Morgan fingerprint density at radius 1 is 1.38 bits per heavy atom. The van der Waals surface area contributed by atoms with Crippen LogP contribution in [0.1, 0.15) is 18.4 Å². The largest absolute Gasteiger partial charge is 0.376 e. The molecule has 2 N–H and O–H groups in total. The number of aromatic nitrogens is 2. The lowest BCUT2D eigenvalue weighted by atomic mass is 10.2. The van der Waals surface area contributed by atoms with E-state index in [0.717, 1.165) is 35.6 Å². The summed E-state index contributed by atoms with van der Waals surface area (Å²) in [7, 11) is 0. The number of nitrogens with zero attached hydrogens (tertiary/aromatic N) is 2. The summed E-state index contributed by atoms with van der Waals surface area (Å²) in [4.78, 5) is 21.4. The van der Waals surface area contributed by atoms with Gasteiger partial charge in [0.1, 0.15) is 0 Å². The molecule has 0 saturated carbocycles. The molecule has 1 aliphatic rings. The van der Waals surface area contributed by atoms with Crippen LogP contribution in [-0.4, -0.2) is 35.3 Å². The van der Waals surface area contributed by atoms with Crippen LogP contribution in [0.15, 0.2) is 46.7 Å². The first-order valence-corrected chi connectivity index (χ1v) is 8.74. The van der Waals surface area contributed by atoms with E-state index >= 15 is 0 Å². The predicted octanol–water partition coefficient (Wildman–Crippen LogP) is 3.24. The van der Waals surface area contributed by atoms with Crippen LogP contribution in [0.5, 0.6) is 0 Å². The Labute approximate surface area is 145 Å². The fraction of sp³-hybridized carbons (Fsp3) is 0.353. The van der Waals surface area contributed by atoms with Gasteiger partial charge in [0.15, 0.2) is 5.16 Å². The van der Waals surface area contributed by atoms with Crippen LogP contribution >= 0.6 is 11.8 Å². The SMILES string of the molecule is Cc1cc(Sc2ncccn2)ccc1NC(=O)NC[C@H]1CCCO1. The van der Waals surface area contributed by atoms with E-state index in [1.165, 1.54) is 11.8 Å². The van der Waals surface area contributed by atoms with Gasteiger partial charge < -0.3 is 15.4 Å². The molecule has 1 fully saturated rings. The highest BCUT2D eigenvalue weighted by molar-refractivity contribution is 7.99. The zero-order valence-electron chi connectivity index (χ0n) is 13.5. The monoisotopic (exact) mass is 344 g/mol. The van der Waals surface area contributed by atoms with Crippen LogP contribution in [0.3, 0.4) is 0 Å². The minimum Gasteiger partial charge on any atom is -0.376 e. The van der Waals surface area contributed by atoms with Crippen molar-refractivity contribution in [1.82, 2.24) is 15.3 Å². The summed E-state index contributed by atoms with van der Waals surface area (Å²) >= 11 is 1.49. The van der Waals surface area contributed by atoms with E-state index < -0.39 is 0 Å². The van der Waals surface area contributed by atoms with Crippen LogP contribution in [0.25, 0.3) is 0 Å². The number of rotatable bonds is 5. The third-order valence-electron chi connectivity index (χ3n) is 3.71. The van der Waals surface area contributed by atoms with Crippen LogP contribution in [-0.2, 0) is 4.74 Å². The predicted molar refractivity (Wildman–Crippen MR) is 93.3 cm³/mol. The van der Waals surface area contributed by atoms with E-state index in [1.807, 2.05) is 25.1 Å². The minimum atomic E-state index is -0.208. The van der Waals surface area contributed by atoms with Crippen molar-refractivity contribution >= 4 is 23.5 Å². The molecule has 6 nitrogen and oxygen atoms in total. The number of hydrogen-bond donors (Lipinski definition) is 2. The van der Waals surface area contributed by atoms with Gasteiger partial charge in [-0.15, -0.1) is 0 Å². The maximum atomic E-state index is 12.0. The normalized spacial score (nSPS) is 16.8. The fourth-order valence-electron chi connectivity index (χ4n) is 2.46. The fourth-order valence-corrected chi connectivity index (χ4v) is 3.27. The van der Waals surface area contributed by atoms with Crippen molar-refractivity contribution in [3.63, 3.8) is 0 Å². The number of nitrogens with one attached hydrogen (secondary N) is 2. The molecule has 24 heavy (non-hydrogen) atoms. The van der Waals surface area contributed by atoms with Crippen molar-refractivity contribution in [1.29, 1.82) is 0 Å². The molecule has 7 heteroatoms. The summed E-state index contributed by atoms with van der Waals surface area (Å²) in [5.41, 5.74) is 1.78. The molecule has 1 atom stereocenters. The highest BCUT2D eigenvalue weighted by Crippen LogP contribution is 2.27. The average molecular weight is 344 g/mol. The van der Waals surface area contributed by atoms with Crippen molar-refractivity contribution in [2.24, 2.45) is 0 Å². The highest BCUT2D eigenvalue weighted by Gasteiger charge is 2.16. The number of carbonyl (C=O) groups excluding carboxylic acids is 1. The average Bonchev–Trinajstić information content (AvgIpc) is 3.10. The molecular weight excluding hydrogens is 324 g/mol. The van der Waals surface area contributed by atoms with E-state index in [9.17, 15) is 4.79 Å². The Kier molecular flexibility index (Phi) is 5.66. The highest BCUT2D eigenvalue weighted by atomic mass is 32.2. The molecule has 0 unspecified atom stereocenters. The summed E-state index contributed by atoms with van der Waals surface area (Å²) in [6.07, 6.45) is 5.65. The maximum absolute atomic E-state index is 12.0. The van der Waals surface area contributed by atoms with Crippen molar-refractivity contribution in [3.05, 3.63) is 42.2 Å². The van der Waals surface area contributed by atoms with Crippen molar-refractivity contribution < 1.29 is 9.53 Å². The quantitative estimate of drug-likeness (QED) is 0.815. The number of amides is 2. The molecule has 2 aromatic rings. The molecule has 0 aliphatic carbocycles. The third-order valence-corrected chi connectivity index (χ3v) is 4.59. The molecule has 3 rings (SSSR count). The van der Waals surface area contributed by atoms with Crippen LogP contribution < -0.4 is 10.6 Å². The number of aryl methyl sites for hydroxylation is 1. The molecule has 0 bridgehead atoms. The minimum absolute atomic E-state index is 0.140. The molecule has 2 heterocycles. The van der Waals surface area contributed by atoms with Gasteiger partial charge in [0, 0.05) is 36.1 Å². The van der Waals surface area contributed by atoms with Crippen molar-refractivity contribution in [2.45, 2.75) is 35.9 Å². The number of hydrogen-bond acceptors (Lipinski definition) is 5. The van der Waals surface area contributed by atoms with Gasteiger partial charge in [-0.25, -0.2) is 14.8 Å². The molecule has 1 aliphatic heterocycles. The summed E-state index contributed by atoms with van der Waals surface area (Å²) in [6.45, 7) is 3.30. The van der Waals surface area contributed by atoms with E-state index in [-0.39, 0.29) is 12.1 Å². The lowest BCUT2D eigenvalue weighted by molar-refractivity contribution is 0.112. The molecule has 2 amide bonds. The first-order chi connectivity index (χ1) is 11.7. The molecule has 126 valence electrons. The lowest BCUT2D eigenvalue weighted by Gasteiger charge is -2.13. The Morgan fingerprint density at radius 3 is 2.92 bits per heavy atom. The van der Waals surface area contributed by atoms with Gasteiger partial charge in [0.05, 0.1) is 6.10 Å². The molecule has 0 spiro atoms. The number of anilines is 1. The van der Waals surface area contributed by atoms with Gasteiger partial charge in [-0.05, 0) is 61.4 Å². The van der Waals surface area contributed by atoms with Crippen LogP contribution in [0.2, 0.25) is 0 Å². The second kappa shape index (κ2) is 8.12. The van der Waals surface area contributed by atoms with Gasteiger partial charge >= 0.3 is 6.03 Å². The molecule has 1 aromatic heterocycles. The summed E-state index contributed by atoms with van der Waals surface area (Å²) in [5.74, 6) is 0. The number of urea groups is 1. The number of benzene rings is 1. The first kappa shape index (κ1) is 16.7. The Bertz CT molecular complexity index is 690. The van der Waals surface area contributed by atoms with E-state index in [0.29, 0.717) is 11.7 Å². The molecule has 1 saturated heterocycles. The zero-order chi connectivity index (χ0) is 16.8. The van der Waals surface area contributed by atoms with Gasteiger partial charge in [-0.2, -0.15) is 0 Å². The van der Waals surface area contributed by atoms with E-state index in [1.54, 1.807) is 18.5 Å². The van der Waals surface area contributed by atoms with E-state index in [2.05, 4.69) is 20.6 Å². The summed E-state index contributed by atoms with van der Waals surface area (Å²) < 4.78 is 5.49. The van der Waals surface area contributed by atoms with Crippen LogP contribution in [0, 0.1) is 6.92 Å². The Hall–Kier alpha value is -2.12. The third kappa shape index (κ3) is 4.69. The number of carbonyl (C=O) groups is 1. The van der Waals surface area contributed by atoms with E-state index in [4.69, 9.17) is 4.74 Å². The summed E-state index contributed by atoms with van der Waals surface area (Å²) in [6, 6.07) is 7.44. The Balaban J connectivity index is 1.55. The molecule has 0 radical (unpaired) electrons. The van der Waals surface area contributed by atoms with Gasteiger partial charge in [-0.3, -0.25) is 0 Å².